The van der Waals surface area contributed by atoms with E-state index in [-0.39, 0.29) is 5.60 Å². The van der Waals surface area contributed by atoms with E-state index in [1.807, 2.05) is 18.2 Å². The predicted molar refractivity (Wildman–Crippen MR) is 94.2 cm³/mol. The minimum atomic E-state index is -0.00985. The molecule has 0 unspecified atom stereocenters. The summed E-state index contributed by atoms with van der Waals surface area (Å²) in [6.45, 7) is 7.70. The molecule has 118 valence electrons. The van der Waals surface area contributed by atoms with E-state index >= 15 is 0 Å². The molecule has 0 radical (unpaired) electrons. The maximum atomic E-state index is 6.32. The van der Waals surface area contributed by atoms with Gasteiger partial charge in [-0.25, -0.2) is 0 Å². The van der Waals surface area contributed by atoms with Crippen molar-refractivity contribution < 1.29 is 4.74 Å². The van der Waals surface area contributed by atoms with E-state index in [1.54, 1.807) is 0 Å². The lowest BCUT2D eigenvalue weighted by Gasteiger charge is -2.43. The van der Waals surface area contributed by atoms with Crippen LogP contribution in [0.5, 0.6) is 0 Å². The number of ether oxygens (including phenoxy) is 1. The average molecular weight is 374 g/mol. The Morgan fingerprint density at radius 1 is 1.29 bits per heavy atom. The van der Waals surface area contributed by atoms with Crippen molar-refractivity contribution in [3.63, 3.8) is 0 Å². The lowest BCUT2D eigenvalue weighted by Crippen LogP contribution is -2.41. The molecule has 0 spiro atoms. The Balaban J connectivity index is 1.94. The average Bonchev–Trinajstić information content (AvgIpc) is 2.45. The lowest BCUT2D eigenvalue weighted by molar-refractivity contribution is -0.0783. The van der Waals surface area contributed by atoms with E-state index in [4.69, 9.17) is 16.3 Å². The maximum Gasteiger partial charge on any atom is 0.0783 e. The fourth-order valence-electron chi connectivity index (χ4n) is 3.19. The summed E-state index contributed by atoms with van der Waals surface area (Å²) in [7, 11) is 0. The Morgan fingerprint density at radius 2 is 1.95 bits per heavy atom. The minimum Gasteiger partial charge on any atom is -0.369 e. The molecule has 1 aliphatic carbocycles. The third kappa shape index (κ3) is 4.71. The molecule has 0 heterocycles. The second-order valence-electron chi connectivity index (χ2n) is 7.38. The first-order valence-corrected chi connectivity index (χ1v) is 9.29. The van der Waals surface area contributed by atoms with Crippen LogP contribution < -0.4 is 0 Å². The minimum absolute atomic E-state index is 0.00985. The Bertz CT molecular complexity index is 459. The number of benzene rings is 1. The van der Waals surface area contributed by atoms with Gasteiger partial charge < -0.3 is 4.74 Å². The summed E-state index contributed by atoms with van der Waals surface area (Å²) in [5.41, 5.74) is 1.55. The van der Waals surface area contributed by atoms with Gasteiger partial charge in [-0.3, -0.25) is 0 Å². The van der Waals surface area contributed by atoms with Crippen molar-refractivity contribution in [3.05, 3.63) is 34.9 Å². The van der Waals surface area contributed by atoms with Gasteiger partial charge in [0.05, 0.1) is 12.2 Å². The van der Waals surface area contributed by atoms with Crippen LogP contribution in [-0.4, -0.2) is 10.9 Å². The lowest BCUT2D eigenvalue weighted by atomic mass is 9.69. The van der Waals surface area contributed by atoms with Gasteiger partial charge in [-0.05, 0) is 54.7 Å². The molecule has 0 atom stereocenters. The zero-order valence-corrected chi connectivity index (χ0v) is 15.6. The Morgan fingerprint density at radius 3 is 2.48 bits per heavy atom. The summed E-state index contributed by atoms with van der Waals surface area (Å²) in [6, 6.07) is 7.96. The van der Waals surface area contributed by atoms with E-state index in [0.717, 1.165) is 34.7 Å². The molecule has 0 bridgehead atoms. The molecule has 0 amide bonds. The zero-order chi connectivity index (χ0) is 15.5. The van der Waals surface area contributed by atoms with Crippen LogP contribution in [0.3, 0.4) is 0 Å². The fourth-order valence-corrected chi connectivity index (χ4v) is 4.13. The van der Waals surface area contributed by atoms with Crippen molar-refractivity contribution in [2.75, 3.05) is 5.33 Å². The van der Waals surface area contributed by atoms with Crippen LogP contribution >= 0.6 is 27.5 Å². The van der Waals surface area contributed by atoms with Gasteiger partial charge in [-0.1, -0.05) is 60.4 Å². The molecule has 0 aromatic heterocycles. The highest BCUT2D eigenvalue weighted by Crippen LogP contribution is 2.43. The molecule has 1 aromatic rings. The Labute approximate surface area is 142 Å². The first-order valence-electron chi connectivity index (χ1n) is 7.79. The smallest absolute Gasteiger partial charge is 0.0783 e. The van der Waals surface area contributed by atoms with Gasteiger partial charge in [0.2, 0.25) is 0 Å². The number of hydrogen-bond acceptors (Lipinski definition) is 1. The molecular formula is C18H26BrClO. The molecule has 2 rings (SSSR count). The summed E-state index contributed by atoms with van der Waals surface area (Å²) in [5.74, 6) is 0.805. The molecule has 0 aliphatic heterocycles. The number of hydrogen-bond donors (Lipinski definition) is 0. The number of rotatable bonds is 4. The topological polar surface area (TPSA) is 9.23 Å². The highest BCUT2D eigenvalue weighted by atomic mass is 79.9. The highest BCUT2D eigenvalue weighted by Gasteiger charge is 2.38. The maximum absolute atomic E-state index is 6.32. The van der Waals surface area contributed by atoms with Crippen LogP contribution in [-0.2, 0) is 11.3 Å². The van der Waals surface area contributed by atoms with Gasteiger partial charge in [0.1, 0.15) is 0 Å². The van der Waals surface area contributed by atoms with Crippen molar-refractivity contribution in [1.82, 2.24) is 0 Å². The highest BCUT2D eigenvalue weighted by molar-refractivity contribution is 9.09. The summed E-state index contributed by atoms with van der Waals surface area (Å²) in [5, 5.41) is 1.69. The summed E-state index contributed by atoms with van der Waals surface area (Å²) in [4.78, 5) is 0. The van der Waals surface area contributed by atoms with Gasteiger partial charge in [-0.2, -0.15) is 0 Å². The normalized spacial score (nSPS) is 26.8. The van der Waals surface area contributed by atoms with Crippen molar-refractivity contribution in [1.29, 1.82) is 0 Å². The van der Waals surface area contributed by atoms with E-state index in [9.17, 15) is 0 Å². The van der Waals surface area contributed by atoms with E-state index < -0.39 is 0 Å². The zero-order valence-electron chi connectivity index (χ0n) is 13.3. The summed E-state index contributed by atoms with van der Waals surface area (Å²) >= 11 is 9.71. The molecule has 0 saturated heterocycles. The first-order chi connectivity index (χ1) is 9.85. The largest absolute Gasteiger partial charge is 0.369 e. The van der Waals surface area contributed by atoms with Crippen LogP contribution in [0.2, 0.25) is 5.02 Å². The molecule has 1 fully saturated rings. The van der Waals surface area contributed by atoms with Crippen LogP contribution in [0.15, 0.2) is 24.3 Å². The molecule has 1 nitrogen and oxygen atoms in total. The van der Waals surface area contributed by atoms with Gasteiger partial charge in [-0.15, -0.1) is 0 Å². The van der Waals surface area contributed by atoms with Crippen molar-refractivity contribution in [3.8, 4) is 0 Å². The third-order valence-electron chi connectivity index (χ3n) is 4.80. The van der Waals surface area contributed by atoms with E-state index in [0.29, 0.717) is 12.0 Å². The summed E-state index contributed by atoms with van der Waals surface area (Å²) in [6.07, 6.45) is 4.79. The molecular weight excluding hydrogens is 348 g/mol. The molecule has 0 N–H and O–H groups in total. The summed E-state index contributed by atoms with van der Waals surface area (Å²) < 4.78 is 6.32. The van der Waals surface area contributed by atoms with E-state index in [2.05, 4.69) is 42.8 Å². The Kier molecular flexibility index (Phi) is 5.78. The van der Waals surface area contributed by atoms with Crippen molar-refractivity contribution in [2.24, 2.45) is 11.3 Å². The van der Waals surface area contributed by atoms with Crippen molar-refractivity contribution >= 4 is 27.5 Å². The standard InChI is InChI=1S/C18H26BrClO/c1-17(2,3)15-7-9-18(13-19,10-8-15)21-12-14-5-4-6-16(20)11-14/h4-6,11,15H,7-10,12-13H2,1-3H3. The molecule has 21 heavy (non-hydrogen) atoms. The molecule has 1 aliphatic rings. The van der Waals surface area contributed by atoms with Crippen LogP contribution in [0.4, 0.5) is 0 Å². The second-order valence-corrected chi connectivity index (χ2v) is 8.37. The molecule has 1 aromatic carbocycles. The van der Waals surface area contributed by atoms with Gasteiger partial charge in [0.25, 0.3) is 0 Å². The second kappa shape index (κ2) is 7.02. The first kappa shape index (κ1) is 17.3. The van der Waals surface area contributed by atoms with Crippen LogP contribution in [0.1, 0.15) is 52.0 Å². The number of halogens is 2. The predicted octanol–water partition coefficient (Wildman–Crippen LogP) is 6.23. The third-order valence-corrected chi connectivity index (χ3v) is 6.06. The monoisotopic (exact) mass is 372 g/mol. The quantitative estimate of drug-likeness (QED) is 0.569. The van der Waals surface area contributed by atoms with E-state index in [1.165, 1.54) is 12.8 Å². The SMILES string of the molecule is CC(C)(C)C1CCC(CBr)(OCc2cccc(Cl)c2)CC1. The van der Waals surface area contributed by atoms with Crippen LogP contribution in [0.25, 0.3) is 0 Å². The van der Waals surface area contributed by atoms with Gasteiger partial charge in [0, 0.05) is 10.4 Å². The van der Waals surface area contributed by atoms with Crippen molar-refractivity contribution in [2.45, 2.75) is 58.7 Å². The number of alkyl halides is 1. The van der Waals surface area contributed by atoms with Crippen LogP contribution in [0, 0.1) is 11.3 Å². The fraction of sp³-hybridized carbons (Fsp3) is 0.667. The van der Waals surface area contributed by atoms with Gasteiger partial charge >= 0.3 is 0 Å². The van der Waals surface area contributed by atoms with Gasteiger partial charge in [0.15, 0.2) is 0 Å². The Hall–Kier alpha value is -0.0500. The molecule has 1 saturated carbocycles. The molecule has 3 heteroatoms.